The Morgan fingerprint density at radius 3 is 2.11 bits per heavy atom. The molecule has 45 heavy (non-hydrogen) atoms. The lowest BCUT2D eigenvalue weighted by atomic mass is 9.33. The van der Waals surface area contributed by atoms with Crippen molar-refractivity contribution in [1.29, 1.82) is 0 Å². The van der Waals surface area contributed by atoms with E-state index < -0.39 is 22.8 Å². The number of fused-ring (bicyclic) bond motifs is 7. The van der Waals surface area contributed by atoms with Gasteiger partial charge < -0.3 is 14.9 Å². The van der Waals surface area contributed by atoms with Crippen molar-refractivity contribution in [3.63, 3.8) is 0 Å². The number of carbonyl (C=O) groups excluding carboxylic acids is 1. The topological polar surface area (TPSA) is 101 Å². The summed E-state index contributed by atoms with van der Waals surface area (Å²) in [6, 6.07) is 0. The monoisotopic (exact) mass is 624 g/mol. The molecule has 0 saturated heterocycles. The largest absolute Gasteiger partial charge is 0.481 e. The molecule has 0 aliphatic heterocycles. The minimum absolute atomic E-state index is 0.00582. The number of esters is 1. The smallest absolute Gasteiger partial charge is 0.310 e. The fourth-order valence-electron chi connectivity index (χ4n) is 13.2. The standard InChI is InChI=1S/C39H60O6/c1-33(2)18-20-39(32(43)44)21-19-36(6)25(26(39)22-33)10-11-28-35(5)16-13-29(34(3,4)27(35)12-17-37(28,36)7)45-31(42)24-38(23-30(40)41)14-8-9-15-38/h10,26-29H,8-9,11-24H2,1-7H3,(H,40,41)(H,43,44)/t26?,27?,28?,29-,35-,36+,37+,39-/m0/s1. The van der Waals surface area contributed by atoms with Crippen molar-refractivity contribution in [2.75, 3.05) is 0 Å². The van der Waals surface area contributed by atoms with Gasteiger partial charge in [-0.25, -0.2) is 0 Å². The minimum atomic E-state index is -0.819. The van der Waals surface area contributed by atoms with Crippen molar-refractivity contribution in [2.45, 2.75) is 157 Å². The SMILES string of the molecule is CC1(C)CC[C@]2(C(=O)O)CC[C@]3(C)C(=CCC4[C@@]5(C)CC[C@H](OC(=O)CC6(CC(=O)O)CCCC6)C(C)(C)C5CC[C@]43C)C2C1. The summed E-state index contributed by atoms with van der Waals surface area (Å²) in [5.41, 5.74) is 0.584. The number of allylic oxidation sites excluding steroid dienone is 2. The van der Waals surface area contributed by atoms with Crippen molar-refractivity contribution in [2.24, 2.45) is 55.7 Å². The molecule has 6 rings (SSSR count). The van der Waals surface area contributed by atoms with E-state index in [1.54, 1.807) is 0 Å². The zero-order valence-electron chi connectivity index (χ0n) is 29.2. The Hall–Kier alpha value is -1.85. The van der Waals surface area contributed by atoms with E-state index >= 15 is 0 Å². The lowest BCUT2D eigenvalue weighted by molar-refractivity contribution is -0.214. The van der Waals surface area contributed by atoms with Crippen LogP contribution in [0, 0.1) is 55.7 Å². The van der Waals surface area contributed by atoms with Gasteiger partial charge in [-0.05, 0) is 122 Å². The molecule has 8 atom stereocenters. The summed E-state index contributed by atoms with van der Waals surface area (Å²) in [7, 11) is 0. The van der Waals surface area contributed by atoms with Gasteiger partial charge in [-0.1, -0.05) is 73.0 Å². The number of carbonyl (C=O) groups is 3. The predicted molar refractivity (Wildman–Crippen MR) is 174 cm³/mol. The highest BCUT2D eigenvalue weighted by molar-refractivity contribution is 5.77. The van der Waals surface area contributed by atoms with Crippen LogP contribution in [-0.2, 0) is 19.1 Å². The molecule has 0 radical (unpaired) electrons. The van der Waals surface area contributed by atoms with Crippen LogP contribution >= 0.6 is 0 Å². The summed E-state index contributed by atoms with van der Waals surface area (Å²) in [6.45, 7) is 16.9. The summed E-state index contributed by atoms with van der Waals surface area (Å²) in [6.07, 6.45) is 15.8. The van der Waals surface area contributed by atoms with Gasteiger partial charge in [0, 0.05) is 5.41 Å². The first-order chi connectivity index (χ1) is 20.8. The quantitative estimate of drug-likeness (QED) is 0.226. The lowest BCUT2D eigenvalue weighted by Crippen LogP contribution is -2.65. The number of carboxylic acid groups (broad SMARTS) is 2. The van der Waals surface area contributed by atoms with Gasteiger partial charge in [0.1, 0.15) is 6.10 Å². The summed E-state index contributed by atoms with van der Waals surface area (Å²) >= 11 is 0. The lowest BCUT2D eigenvalue weighted by Gasteiger charge is -2.71. The maximum Gasteiger partial charge on any atom is 0.310 e. The zero-order chi connectivity index (χ0) is 32.8. The van der Waals surface area contributed by atoms with E-state index in [0.29, 0.717) is 11.8 Å². The molecule has 0 bridgehead atoms. The second-order valence-corrected chi connectivity index (χ2v) is 19.0. The van der Waals surface area contributed by atoms with E-state index in [-0.39, 0.29) is 57.9 Å². The molecule has 0 amide bonds. The number of rotatable bonds is 6. The molecule has 0 aromatic carbocycles. The molecule has 3 unspecified atom stereocenters. The first-order valence-electron chi connectivity index (χ1n) is 18.2. The van der Waals surface area contributed by atoms with Gasteiger partial charge in [0.15, 0.2) is 0 Å². The van der Waals surface area contributed by atoms with Crippen LogP contribution in [0.3, 0.4) is 0 Å². The van der Waals surface area contributed by atoms with Crippen LogP contribution in [0.15, 0.2) is 11.6 Å². The Morgan fingerprint density at radius 2 is 1.47 bits per heavy atom. The van der Waals surface area contributed by atoms with Gasteiger partial charge >= 0.3 is 17.9 Å². The molecule has 0 spiro atoms. The minimum Gasteiger partial charge on any atom is -0.481 e. The van der Waals surface area contributed by atoms with Crippen molar-refractivity contribution >= 4 is 17.9 Å². The molecule has 6 aliphatic rings. The van der Waals surface area contributed by atoms with E-state index in [0.717, 1.165) is 89.9 Å². The Balaban J connectivity index is 1.26. The molecule has 6 heteroatoms. The molecular weight excluding hydrogens is 564 g/mol. The van der Waals surface area contributed by atoms with Crippen LogP contribution in [0.5, 0.6) is 0 Å². The molecule has 252 valence electrons. The van der Waals surface area contributed by atoms with Crippen LogP contribution in [-0.4, -0.2) is 34.2 Å². The summed E-state index contributed by atoms with van der Waals surface area (Å²) < 4.78 is 6.35. The van der Waals surface area contributed by atoms with Gasteiger partial charge in [0.2, 0.25) is 0 Å². The summed E-state index contributed by atoms with van der Waals surface area (Å²) in [5.74, 6) is -0.566. The van der Waals surface area contributed by atoms with Crippen molar-refractivity contribution in [3.05, 3.63) is 11.6 Å². The average molecular weight is 625 g/mol. The van der Waals surface area contributed by atoms with E-state index in [1.807, 2.05) is 0 Å². The Bertz CT molecular complexity index is 1270. The van der Waals surface area contributed by atoms with E-state index in [1.165, 1.54) is 5.57 Å². The average Bonchev–Trinajstić information content (AvgIpc) is 3.37. The van der Waals surface area contributed by atoms with E-state index in [2.05, 4.69) is 54.5 Å². The third-order valence-electron chi connectivity index (χ3n) is 16.0. The maximum atomic E-state index is 13.4. The normalized spacial score (nSPS) is 44.3. The number of aliphatic carboxylic acids is 2. The molecule has 6 nitrogen and oxygen atoms in total. The van der Waals surface area contributed by atoms with E-state index in [4.69, 9.17) is 4.74 Å². The Kier molecular flexibility index (Phi) is 7.77. The number of hydrogen-bond donors (Lipinski definition) is 2. The molecule has 0 heterocycles. The Labute approximate surface area is 271 Å². The van der Waals surface area contributed by atoms with Gasteiger partial charge in [-0.2, -0.15) is 0 Å². The second-order valence-electron chi connectivity index (χ2n) is 19.0. The van der Waals surface area contributed by atoms with Crippen LogP contribution in [0.25, 0.3) is 0 Å². The first-order valence-corrected chi connectivity index (χ1v) is 18.2. The fraction of sp³-hybridized carbons (Fsp3) is 0.872. The predicted octanol–water partition coefficient (Wildman–Crippen LogP) is 9.21. The number of hydrogen-bond acceptors (Lipinski definition) is 4. The van der Waals surface area contributed by atoms with Crippen molar-refractivity contribution < 1.29 is 29.3 Å². The van der Waals surface area contributed by atoms with Gasteiger partial charge in [0.05, 0.1) is 18.3 Å². The van der Waals surface area contributed by atoms with Gasteiger partial charge in [0.25, 0.3) is 0 Å². The molecular formula is C39H60O6. The molecule has 2 N–H and O–H groups in total. The molecule has 6 aliphatic carbocycles. The van der Waals surface area contributed by atoms with Crippen LogP contribution in [0.2, 0.25) is 0 Å². The van der Waals surface area contributed by atoms with Gasteiger partial charge in [-0.3, -0.25) is 14.4 Å². The highest BCUT2D eigenvalue weighted by atomic mass is 16.5. The third kappa shape index (κ3) is 4.87. The van der Waals surface area contributed by atoms with Crippen molar-refractivity contribution in [3.8, 4) is 0 Å². The summed E-state index contributed by atoms with van der Waals surface area (Å²) in [4.78, 5) is 38.0. The highest BCUT2D eigenvalue weighted by Crippen LogP contribution is 2.76. The van der Waals surface area contributed by atoms with Crippen LogP contribution in [0.1, 0.15) is 151 Å². The Morgan fingerprint density at radius 1 is 0.800 bits per heavy atom. The molecule has 0 aromatic rings. The zero-order valence-corrected chi connectivity index (χ0v) is 29.2. The number of ether oxygens (including phenoxy) is 1. The number of carboxylic acids is 2. The summed E-state index contributed by atoms with van der Waals surface area (Å²) in [5, 5.41) is 20.2. The maximum absolute atomic E-state index is 13.4. The van der Waals surface area contributed by atoms with Crippen molar-refractivity contribution in [1.82, 2.24) is 0 Å². The first kappa shape index (κ1) is 33.1. The molecule has 5 saturated carbocycles. The van der Waals surface area contributed by atoms with E-state index in [9.17, 15) is 24.6 Å². The highest BCUT2D eigenvalue weighted by Gasteiger charge is 2.69. The molecule has 0 aromatic heterocycles. The third-order valence-corrected chi connectivity index (χ3v) is 16.0. The fourth-order valence-corrected chi connectivity index (χ4v) is 13.2. The van der Waals surface area contributed by atoms with Crippen LogP contribution in [0.4, 0.5) is 0 Å². The van der Waals surface area contributed by atoms with Crippen LogP contribution < -0.4 is 0 Å². The second kappa shape index (κ2) is 10.6. The molecule has 5 fully saturated rings. The van der Waals surface area contributed by atoms with Gasteiger partial charge in [-0.15, -0.1) is 0 Å².